The number of hydrogen-bond acceptors (Lipinski definition) is 4. The van der Waals surface area contributed by atoms with Crippen LogP contribution >= 0.6 is 7.14 Å². The van der Waals surface area contributed by atoms with Crippen molar-refractivity contribution in [3.05, 3.63) is 23.8 Å². The van der Waals surface area contributed by atoms with Crippen molar-refractivity contribution in [1.82, 2.24) is 0 Å². The number of benzene rings is 1. The minimum absolute atomic E-state index is 0.137. The number of esters is 1. The van der Waals surface area contributed by atoms with Crippen molar-refractivity contribution in [1.29, 1.82) is 0 Å². The Hall–Kier alpha value is -1.28. The Morgan fingerprint density at radius 2 is 2.11 bits per heavy atom. The Labute approximate surface area is 113 Å². The van der Waals surface area contributed by atoms with E-state index in [1.165, 1.54) is 0 Å². The van der Waals surface area contributed by atoms with Crippen LogP contribution in [0.4, 0.5) is 0 Å². The van der Waals surface area contributed by atoms with Gasteiger partial charge in [-0.25, -0.2) is 0 Å². The summed E-state index contributed by atoms with van der Waals surface area (Å²) in [5.74, 6) is 0.709. The van der Waals surface area contributed by atoms with Crippen LogP contribution in [0, 0.1) is 0 Å². The fourth-order valence-corrected chi connectivity index (χ4v) is 3.44. The first kappa shape index (κ1) is 14.1. The van der Waals surface area contributed by atoms with E-state index in [1.54, 1.807) is 20.4 Å². The van der Waals surface area contributed by atoms with Crippen molar-refractivity contribution in [3.8, 4) is 5.75 Å². The van der Waals surface area contributed by atoms with E-state index >= 15 is 0 Å². The lowest BCUT2D eigenvalue weighted by Crippen LogP contribution is -2.21. The van der Waals surface area contributed by atoms with Crippen molar-refractivity contribution >= 4 is 18.4 Å². The summed E-state index contributed by atoms with van der Waals surface area (Å²) in [5, 5.41) is 0.754. The Kier molecular flexibility index (Phi) is 4.00. The Morgan fingerprint density at radius 3 is 2.63 bits per heavy atom. The topological polar surface area (TPSA) is 52.6 Å². The molecule has 0 aromatic heterocycles. The minimum Gasteiger partial charge on any atom is -0.496 e. The van der Waals surface area contributed by atoms with E-state index in [0.717, 1.165) is 17.3 Å². The number of rotatable bonds is 3. The van der Waals surface area contributed by atoms with Crippen molar-refractivity contribution < 1.29 is 18.8 Å². The van der Waals surface area contributed by atoms with Crippen LogP contribution < -0.4 is 10.0 Å². The van der Waals surface area contributed by atoms with Gasteiger partial charge in [0.05, 0.1) is 19.0 Å². The lowest BCUT2D eigenvalue weighted by Gasteiger charge is -2.23. The fraction of sp³-hybridized carbons (Fsp3) is 0.500. The molecule has 5 heteroatoms. The highest BCUT2D eigenvalue weighted by Gasteiger charge is 2.24. The molecule has 0 unspecified atom stereocenters. The number of ether oxygens (including phenoxy) is 2. The van der Waals surface area contributed by atoms with Gasteiger partial charge >= 0.3 is 5.97 Å². The Balaban J connectivity index is 2.33. The molecule has 1 aliphatic heterocycles. The van der Waals surface area contributed by atoms with E-state index < -0.39 is 7.14 Å². The highest BCUT2D eigenvalue weighted by molar-refractivity contribution is 7.70. The van der Waals surface area contributed by atoms with Gasteiger partial charge in [-0.15, -0.1) is 0 Å². The lowest BCUT2D eigenvalue weighted by molar-refractivity contribution is -0.147. The summed E-state index contributed by atoms with van der Waals surface area (Å²) in [6.07, 6.45) is 1.23. The molecule has 0 radical (unpaired) electrons. The molecule has 104 valence electrons. The van der Waals surface area contributed by atoms with Gasteiger partial charge in [-0.1, -0.05) is 6.07 Å². The maximum atomic E-state index is 12.3. The van der Waals surface area contributed by atoms with Crippen molar-refractivity contribution in [2.45, 2.75) is 18.8 Å². The Bertz CT molecular complexity index is 522. The van der Waals surface area contributed by atoms with Crippen LogP contribution in [0.3, 0.4) is 0 Å². The predicted octanol–water partition coefficient (Wildman–Crippen LogP) is 2.36. The van der Waals surface area contributed by atoms with Gasteiger partial charge in [-0.2, -0.15) is 0 Å². The molecule has 1 saturated heterocycles. The second-order valence-corrected chi connectivity index (χ2v) is 8.38. The van der Waals surface area contributed by atoms with Crippen molar-refractivity contribution in [3.63, 3.8) is 0 Å². The van der Waals surface area contributed by atoms with Crippen molar-refractivity contribution in [2.75, 3.05) is 27.0 Å². The van der Waals surface area contributed by atoms with Crippen LogP contribution in [0.25, 0.3) is 0 Å². The van der Waals surface area contributed by atoms with Gasteiger partial charge in [0.1, 0.15) is 12.9 Å². The zero-order valence-corrected chi connectivity index (χ0v) is 12.4. The van der Waals surface area contributed by atoms with E-state index in [0.29, 0.717) is 18.8 Å². The molecule has 0 saturated carbocycles. The van der Waals surface area contributed by atoms with Gasteiger partial charge in [-0.05, 0) is 37.4 Å². The first-order valence-corrected chi connectivity index (χ1v) is 8.91. The van der Waals surface area contributed by atoms with Gasteiger partial charge in [0.2, 0.25) is 0 Å². The number of hydrogen-bond donors (Lipinski definition) is 0. The number of carbonyl (C=O) groups is 1. The molecule has 1 aromatic carbocycles. The molecular weight excluding hydrogens is 263 g/mol. The van der Waals surface area contributed by atoms with E-state index in [9.17, 15) is 9.36 Å². The molecule has 1 fully saturated rings. The summed E-state index contributed by atoms with van der Waals surface area (Å²) in [6, 6.07) is 5.74. The van der Waals surface area contributed by atoms with E-state index in [-0.39, 0.29) is 11.9 Å². The molecule has 19 heavy (non-hydrogen) atoms. The second-order valence-electron chi connectivity index (χ2n) is 5.20. The summed E-state index contributed by atoms with van der Waals surface area (Å²) in [6.45, 7) is 3.87. The summed E-state index contributed by atoms with van der Waals surface area (Å²) in [5.41, 5.74) is 1.06. The van der Waals surface area contributed by atoms with Gasteiger partial charge in [0, 0.05) is 12.3 Å². The molecule has 1 aliphatic rings. The quantitative estimate of drug-likeness (QED) is 0.631. The van der Waals surface area contributed by atoms with Crippen LogP contribution in [0.2, 0.25) is 0 Å². The number of carbonyl (C=O) groups excluding carboxylic acids is 1. The summed E-state index contributed by atoms with van der Waals surface area (Å²) < 4.78 is 22.7. The first-order valence-electron chi connectivity index (χ1n) is 6.31. The molecule has 1 heterocycles. The number of cyclic esters (lactones) is 1. The van der Waals surface area contributed by atoms with E-state index in [1.807, 2.05) is 18.2 Å². The lowest BCUT2D eigenvalue weighted by atomic mass is 9.93. The van der Waals surface area contributed by atoms with Gasteiger partial charge in [0.25, 0.3) is 0 Å². The molecule has 0 aliphatic carbocycles. The third-order valence-electron chi connectivity index (χ3n) is 3.40. The highest BCUT2D eigenvalue weighted by atomic mass is 31.2. The molecule has 2 rings (SSSR count). The SMILES string of the molecule is COc1ccc([C@@H]2CCC(=O)OC2)cc1P(C)(C)=O. The summed E-state index contributed by atoms with van der Waals surface area (Å²) >= 11 is 0. The third-order valence-corrected chi connectivity index (χ3v) is 4.91. The normalized spacial score (nSPS) is 19.9. The van der Waals surface area contributed by atoms with Crippen LogP contribution in [0.15, 0.2) is 18.2 Å². The van der Waals surface area contributed by atoms with Crippen LogP contribution in [-0.4, -0.2) is 33.0 Å². The maximum Gasteiger partial charge on any atom is 0.305 e. The average molecular weight is 282 g/mol. The molecule has 0 N–H and O–H groups in total. The van der Waals surface area contributed by atoms with Crippen molar-refractivity contribution in [2.24, 2.45) is 0 Å². The zero-order chi connectivity index (χ0) is 14.0. The second kappa shape index (κ2) is 5.38. The van der Waals surface area contributed by atoms with Gasteiger partial charge in [-0.3, -0.25) is 4.79 Å². The Morgan fingerprint density at radius 1 is 1.37 bits per heavy atom. The maximum absolute atomic E-state index is 12.3. The van der Waals surface area contributed by atoms with E-state index in [4.69, 9.17) is 9.47 Å². The fourth-order valence-electron chi connectivity index (χ4n) is 2.29. The van der Waals surface area contributed by atoms with Crippen LogP contribution in [0.5, 0.6) is 5.75 Å². The molecule has 0 spiro atoms. The predicted molar refractivity (Wildman–Crippen MR) is 75.0 cm³/mol. The van der Waals surface area contributed by atoms with E-state index in [2.05, 4.69) is 0 Å². The third kappa shape index (κ3) is 3.19. The first-order chi connectivity index (χ1) is 8.91. The monoisotopic (exact) mass is 282 g/mol. The summed E-state index contributed by atoms with van der Waals surface area (Å²) in [4.78, 5) is 11.1. The smallest absolute Gasteiger partial charge is 0.305 e. The van der Waals surface area contributed by atoms with Crippen LogP contribution in [0.1, 0.15) is 24.3 Å². The molecule has 0 bridgehead atoms. The molecule has 1 aromatic rings. The molecule has 4 nitrogen and oxygen atoms in total. The van der Waals surface area contributed by atoms with Gasteiger partial charge in [0.15, 0.2) is 0 Å². The van der Waals surface area contributed by atoms with Crippen LogP contribution in [-0.2, 0) is 14.1 Å². The number of methoxy groups -OCH3 is 1. The van der Waals surface area contributed by atoms with Gasteiger partial charge < -0.3 is 14.0 Å². The summed E-state index contributed by atoms with van der Waals surface area (Å²) in [7, 11) is -0.815. The largest absolute Gasteiger partial charge is 0.496 e. The standard InChI is InChI=1S/C14H19O4P/c1-17-12-6-4-10(8-13(12)19(2,3)16)11-5-7-14(15)18-9-11/h4,6,8,11H,5,7,9H2,1-3H3/t11-/m1/s1. The highest BCUT2D eigenvalue weighted by Crippen LogP contribution is 2.40. The molecular formula is C14H19O4P. The molecule has 0 amide bonds. The zero-order valence-electron chi connectivity index (χ0n) is 11.5. The minimum atomic E-state index is -2.40. The molecule has 1 atom stereocenters. The average Bonchev–Trinajstić information content (AvgIpc) is 2.38.